The van der Waals surface area contributed by atoms with Crippen LogP contribution in [0.25, 0.3) is 10.8 Å². The molecule has 2 aromatic heterocycles. The molecule has 0 bridgehead atoms. The van der Waals surface area contributed by atoms with Crippen molar-refractivity contribution < 1.29 is 23.5 Å². The molecule has 1 N–H and O–H groups in total. The van der Waals surface area contributed by atoms with Crippen molar-refractivity contribution in [3.05, 3.63) is 29.5 Å². The summed E-state index contributed by atoms with van der Waals surface area (Å²) in [6.45, 7) is 5.47. The zero-order chi connectivity index (χ0) is 17.6. The minimum absolute atomic E-state index is 0.0279. The quantitative estimate of drug-likeness (QED) is 0.802. The number of oxazole rings is 1. The molecule has 0 aliphatic carbocycles. The first-order chi connectivity index (χ1) is 11.3. The lowest BCUT2D eigenvalue weighted by Crippen LogP contribution is -2.33. The van der Waals surface area contributed by atoms with Crippen LogP contribution < -0.4 is 5.32 Å². The molecular weight excluding hydrogens is 332 g/mol. The normalized spacial score (nSPS) is 11.1. The molecule has 0 fully saturated rings. The van der Waals surface area contributed by atoms with Crippen molar-refractivity contribution in [2.45, 2.75) is 39.4 Å². The first-order valence-corrected chi connectivity index (χ1v) is 8.32. The SMILES string of the molecule is CC(C)(C)OC(=O)NCCC(=O)OCc1coc(-c2cccs2)n1. The topological polar surface area (TPSA) is 90.7 Å². The van der Waals surface area contributed by atoms with Crippen LogP contribution in [-0.4, -0.2) is 29.2 Å². The molecule has 24 heavy (non-hydrogen) atoms. The number of alkyl carbamates (subject to hydrolysis) is 1. The van der Waals surface area contributed by atoms with Crippen LogP contribution in [0.5, 0.6) is 0 Å². The highest BCUT2D eigenvalue weighted by Gasteiger charge is 2.16. The van der Waals surface area contributed by atoms with Gasteiger partial charge in [0.15, 0.2) is 0 Å². The van der Waals surface area contributed by atoms with Crippen molar-refractivity contribution in [3.8, 4) is 10.8 Å². The predicted molar refractivity (Wildman–Crippen MR) is 88.5 cm³/mol. The number of nitrogens with zero attached hydrogens (tertiary/aromatic N) is 1. The van der Waals surface area contributed by atoms with Crippen molar-refractivity contribution in [2.75, 3.05) is 6.54 Å². The lowest BCUT2D eigenvalue weighted by atomic mass is 10.2. The minimum Gasteiger partial charge on any atom is -0.459 e. The summed E-state index contributed by atoms with van der Waals surface area (Å²) in [7, 11) is 0. The lowest BCUT2D eigenvalue weighted by molar-refractivity contribution is -0.144. The van der Waals surface area contributed by atoms with Gasteiger partial charge in [0.25, 0.3) is 0 Å². The average Bonchev–Trinajstić information content (AvgIpc) is 3.14. The average molecular weight is 352 g/mol. The molecule has 7 nitrogen and oxygen atoms in total. The number of rotatable bonds is 6. The second-order valence-corrected chi connectivity index (χ2v) is 6.91. The number of ether oxygens (including phenoxy) is 2. The number of hydrogen-bond acceptors (Lipinski definition) is 7. The Morgan fingerprint density at radius 2 is 2.17 bits per heavy atom. The van der Waals surface area contributed by atoms with Crippen molar-refractivity contribution >= 4 is 23.4 Å². The van der Waals surface area contributed by atoms with Gasteiger partial charge in [-0.05, 0) is 32.2 Å². The fourth-order valence-electron chi connectivity index (χ4n) is 1.69. The van der Waals surface area contributed by atoms with Crippen molar-refractivity contribution in [1.82, 2.24) is 10.3 Å². The van der Waals surface area contributed by atoms with Gasteiger partial charge < -0.3 is 19.2 Å². The molecule has 0 aromatic carbocycles. The molecule has 2 rings (SSSR count). The number of thiophene rings is 1. The Kier molecular flexibility index (Phi) is 5.97. The van der Waals surface area contributed by atoms with E-state index in [9.17, 15) is 9.59 Å². The summed E-state index contributed by atoms with van der Waals surface area (Å²) >= 11 is 1.52. The number of nitrogens with one attached hydrogen (secondary N) is 1. The van der Waals surface area contributed by atoms with E-state index in [0.717, 1.165) is 4.88 Å². The van der Waals surface area contributed by atoms with E-state index in [1.165, 1.54) is 17.6 Å². The van der Waals surface area contributed by atoms with E-state index in [4.69, 9.17) is 13.9 Å². The summed E-state index contributed by atoms with van der Waals surface area (Å²) in [6, 6.07) is 3.80. The molecular formula is C16H20N2O5S. The standard InChI is InChI=1S/C16H20N2O5S/c1-16(2,3)23-15(20)17-7-6-13(19)21-9-11-10-22-14(18-11)12-5-4-8-24-12/h4-5,8,10H,6-7,9H2,1-3H3,(H,17,20). The fraction of sp³-hybridized carbons (Fsp3) is 0.438. The van der Waals surface area contributed by atoms with E-state index < -0.39 is 17.7 Å². The van der Waals surface area contributed by atoms with Crippen LogP contribution in [-0.2, 0) is 20.9 Å². The van der Waals surface area contributed by atoms with Gasteiger partial charge in [-0.25, -0.2) is 9.78 Å². The van der Waals surface area contributed by atoms with Gasteiger partial charge >= 0.3 is 12.1 Å². The number of amides is 1. The predicted octanol–water partition coefficient (Wildman–Crippen LogP) is 3.36. The van der Waals surface area contributed by atoms with E-state index in [1.54, 1.807) is 20.8 Å². The Balaban J connectivity index is 1.67. The first-order valence-electron chi connectivity index (χ1n) is 7.44. The number of esters is 1. The van der Waals surface area contributed by atoms with Gasteiger partial charge in [-0.1, -0.05) is 6.07 Å². The van der Waals surface area contributed by atoms with Gasteiger partial charge in [0.2, 0.25) is 5.89 Å². The Bertz CT molecular complexity index is 673. The third kappa shape index (κ3) is 6.04. The third-order valence-electron chi connectivity index (χ3n) is 2.66. The smallest absolute Gasteiger partial charge is 0.407 e. The zero-order valence-corrected chi connectivity index (χ0v) is 14.6. The summed E-state index contributed by atoms with van der Waals surface area (Å²) in [5.74, 6) is 0.0642. The number of aromatic nitrogens is 1. The Hall–Kier alpha value is -2.35. The van der Waals surface area contributed by atoms with Gasteiger partial charge in [0.1, 0.15) is 24.2 Å². The molecule has 8 heteroatoms. The van der Waals surface area contributed by atoms with Crippen molar-refractivity contribution in [3.63, 3.8) is 0 Å². The molecule has 0 atom stereocenters. The monoisotopic (exact) mass is 352 g/mol. The summed E-state index contributed by atoms with van der Waals surface area (Å²) in [5.41, 5.74) is -0.0375. The van der Waals surface area contributed by atoms with Gasteiger partial charge in [-0.15, -0.1) is 11.3 Å². The van der Waals surface area contributed by atoms with Crippen molar-refractivity contribution in [2.24, 2.45) is 0 Å². The summed E-state index contributed by atoms with van der Waals surface area (Å²) < 4.78 is 15.5. The van der Waals surface area contributed by atoms with Gasteiger partial charge in [-0.2, -0.15) is 0 Å². The van der Waals surface area contributed by atoms with Crippen LogP contribution in [0.4, 0.5) is 4.79 Å². The molecule has 2 aromatic rings. The second kappa shape index (κ2) is 7.96. The summed E-state index contributed by atoms with van der Waals surface area (Å²) in [6.07, 6.45) is 0.947. The number of hydrogen-bond donors (Lipinski definition) is 1. The zero-order valence-electron chi connectivity index (χ0n) is 13.8. The molecule has 0 aliphatic rings. The Morgan fingerprint density at radius 1 is 1.38 bits per heavy atom. The van der Waals surface area contributed by atoms with Crippen LogP contribution in [0, 0.1) is 0 Å². The van der Waals surface area contributed by atoms with Crippen LogP contribution in [0.2, 0.25) is 0 Å². The molecule has 2 heterocycles. The van der Waals surface area contributed by atoms with E-state index in [0.29, 0.717) is 11.6 Å². The summed E-state index contributed by atoms with van der Waals surface area (Å²) in [5, 5.41) is 4.42. The largest absolute Gasteiger partial charge is 0.459 e. The number of carbonyl (C=O) groups is 2. The minimum atomic E-state index is -0.572. The molecule has 0 spiro atoms. The van der Waals surface area contributed by atoms with Gasteiger partial charge in [0, 0.05) is 6.54 Å². The first kappa shape index (κ1) is 18.0. The Morgan fingerprint density at radius 3 is 2.83 bits per heavy atom. The molecule has 0 radical (unpaired) electrons. The molecule has 0 saturated carbocycles. The molecule has 0 saturated heterocycles. The highest BCUT2D eigenvalue weighted by Crippen LogP contribution is 2.23. The van der Waals surface area contributed by atoms with E-state index in [-0.39, 0.29) is 19.6 Å². The van der Waals surface area contributed by atoms with Crippen LogP contribution in [0.3, 0.4) is 0 Å². The second-order valence-electron chi connectivity index (χ2n) is 5.96. The fourth-order valence-corrected chi connectivity index (χ4v) is 2.35. The molecule has 130 valence electrons. The summed E-state index contributed by atoms with van der Waals surface area (Å²) in [4.78, 5) is 28.2. The maximum atomic E-state index is 11.6. The van der Waals surface area contributed by atoms with Gasteiger partial charge in [-0.3, -0.25) is 4.79 Å². The van der Waals surface area contributed by atoms with E-state index in [2.05, 4.69) is 10.3 Å². The molecule has 0 unspecified atom stereocenters. The maximum absolute atomic E-state index is 11.6. The lowest BCUT2D eigenvalue weighted by Gasteiger charge is -2.19. The molecule has 1 amide bonds. The molecule has 0 aliphatic heterocycles. The highest BCUT2D eigenvalue weighted by molar-refractivity contribution is 7.13. The van der Waals surface area contributed by atoms with Crippen LogP contribution in [0.15, 0.2) is 28.2 Å². The maximum Gasteiger partial charge on any atom is 0.407 e. The van der Waals surface area contributed by atoms with Gasteiger partial charge in [0.05, 0.1) is 11.3 Å². The highest BCUT2D eigenvalue weighted by atomic mass is 32.1. The van der Waals surface area contributed by atoms with Crippen molar-refractivity contribution in [1.29, 1.82) is 0 Å². The Labute approximate surface area is 144 Å². The van der Waals surface area contributed by atoms with E-state index >= 15 is 0 Å². The third-order valence-corrected chi connectivity index (χ3v) is 3.52. The van der Waals surface area contributed by atoms with Crippen LogP contribution in [0.1, 0.15) is 32.9 Å². The van der Waals surface area contributed by atoms with Crippen LogP contribution >= 0.6 is 11.3 Å². The number of carbonyl (C=O) groups excluding carboxylic acids is 2. The van der Waals surface area contributed by atoms with E-state index in [1.807, 2.05) is 17.5 Å².